The predicted molar refractivity (Wildman–Crippen MR) is 63.0 cm³/mol. The minimum absolute atomic E-state index is 0.156. The quantitative estimate of drug-likeness (QED) is 0.864. The first-order valence-electron chi connectivity index (χ1n) is 5.53. The van der Waals surface area contributed by atoms with Crippen LogP contribution in [0.2, 0.25) is 0 Å². The van der Waals surface area contributed by atoms with Gasteiger partial charge in [-0.15, -0.1) is 0 Å². The molecule has 0 saturated heterocycles. The lowest BCUT2D eigenvalue weighted by Gasteiger charge is -2.08. The molecular weight excluding hydrogens is 237 g/mol. The van der Waals surface area contributed by atoms with Crippen molar-refractivity contribution < 1.29 is 14.0 Å². The van der Waals surface area contributed by atoms with Crippen LogP contribution < -0.4 is 5.73 Å². The van der Waals surface area contributed by atoms with Crippen molar-refractivity contribution in [2.24, 2.45) is 5.73 Å². The van der Waals surface area contributed by atoms with Gasteiger partial charge >= 0.3 is 0 Å². The van der Waals surface area contributed by atoms with Gasteiger partial charge in [0.15, 0.2) is 0 Å². The number of aliphatic hydroxyl groups is 1. The molecule has 6 heteroatoms. The van der Waals surface area contributed by atoms with Gasteiger partial charge < -0.3 is 15.4 Å². The van der Waals surface area contributed by atoms with Crippen LogP contribution in [-0.2, 0) is 0 Å². The molecule has 0 bridgehead atoms. The molecule has 0 radical (unpaired) electrons. The number of aromatic nitrogens is 2. The second kappa shape index (κ2) is 4.83. The fraction of sp³-hybridized carbons (Fsp3) is 0.333. The molecule has 1 heterocycles. The van der Waals surface area contributed by atoms with Crippen LogP contribution in [0.5, 0.6) is 0 Å². The van der Waals surface area contributed by atoms with E-state index >= 15 is 0 Å². The van der Waals surface area contributed by atoms with Gasteiger partial charge in [-0.25, -0.2) is 4.39 Å². The SMILES string of the molecule is Cc1cc(F)ccc1-c1noc([C@@H](N)[C@@H](C)O)n1. The van der Waals surface area contributed by atoms with Crippen LogP contribution in [0.3, 0.4) is 0 Å². The Labute approximate surface area is 103 Å². The topological polar surface area (TPSA) is 85.2 Å². The first kappa shape index (κ1) is 12.7. The van der Waals surface area contributed by atoms with E-state index in [1.807, 2.05) is 0 Å². The van der Waals surface area contributed by atoms with E-state index in [-0.39, 0.29) is 11.7 Å². The first-order valence-corrected chi connectivity index (χ1v) is 5.53. The third-order valence-electron chi connectivity index (χ3n) is 2.68. The number of nitrogens with two attached hydrogens (primary N) is 1. The summed E-state index contributed by atoms with van der Waals surface area (Å²) in [4.78, 5) is 4.11. The van der Waals surface area contributed by atoms with Gasteiger partial charge in [0.1, 0.15) is 11.9 Å². The van der Waals surface area contributed by atoms with Crippen LogP contribution in [0.15, 0.2) is 22.7 Å². The summed E-state index contributed by atoms with van der Waals surface area (Å²) in [7, 11) is 0. The lowest BCUT2D eigenvalue weighted by atomic mass is 10.1. The molecule has 5 nitrogen and oxygen atoms in total. The summed E-state index contributed by atoms with van der Waals surface area (Å²) in [6, 6.07) is 3.56. The van der Waals surface area contributed by atoms with E-state index in [9.17, 15) is 9.50 Å². The highest BCUT2D eigenvalue weighted by molar-refractivity contribution is 5.59. The van der Waals surface area contributed by atoms with Crippen LogP contribution in [-0.4, -0.2) is 21.4 Å². The van der Waals surface area contributed by atoms with E-state index in [1.165, 1.54) is 19.1 Å². The normalized spacial score (nSPS) is 14.5. The maximum absolute atomic E-state index is 13.0. The van der Waals surface area contributed by atoms with Gasteiger partial charge in [0.05, 0.1) is 6.10 Å². The molecule has 0 aliphatic heterocycles. The van der Waals surface area contributed by atoms with Crippen molar-refractivity contribution in [2.75, 3.05) is 0 Å². The minimum Gasteiger partial charge on any atom is -0.391 e. The van der Waals surface area contributed by atoms with E-state index in [2.05, 4.69) is 10.1 Å². The Bertz CT molecular complexity index is 554. The second-order valence-corrected chi connectivity index (χ2v) is 4.18. The molecule has 3 N–H and O–H groups in total. The number of hydrogen-bond acceptors (Lipinski definition) is 5. The summed E-state index contributed by atoms with van der Waals surface area (Å²) < 4.78 is 18.0. The van der Waals surface area contributed by atoms with Crippen molar-refractivity contribution in [3.05, 3.63) is 35.5 Å². The summed E-state index contributed by atoms with van der Waals surface area (Å²) >= 11 is 0. The van der Waals surface area contributed by atoms with Crippen LogP contribution in [0.1, 0.15) is 24.4 Å². The highest BCUT2D eigenvalue weighted by atomic mass is 19.1. The standard InChI is InChI=1S/C12H14FN3O2/c1-6-5-8(13)3-4-9(6)11-15-12(18-16-11)10(14)7(2)17/h3-5,7,10,17H,14H2,1-2H3/t7-,10+/m1/s1. The second-order valence-electron chi connectivity index (χ2n) is 4.18. The van der Waals surface area contributed by atoms with Gasteiger partial charge in [-0.1, -0.05) is 5.16 Å². The fourth-order valence-electron chi connectivity index (χ4n) is 1.56. The third kappa shape index (κ3) is 2.39. The molecule has 2 rings (SSSR count). The highest BCUT2D eigenvalue weighted by Gasteiger charge is 2.20. The highest BCUT2D eigenvalue weighted by Crippen LogP contribution is 2.23. The number of aryl methyl sites for hydroxylation is 1. The molecule has 0 unspecified atom stereocenters. The number of nitrogens with zero attached hydrogens (tertiary/aromatic N) is 2. The number of benzene rings is 1. The molecule has 2 atom stereocenters. The molecule has 1 aromatic heterocycles. The number of aliphatic hydroxyl groups excluding tert-OH is 1. The van der Waals surface area contributed by atoms with E-state index in [1.54, 1.807) is 13.0 Å². The van der Waals surface area contributed by atoms with Crippen molar-refractivity contribution in [3.63, 3.8) is 0 Å². The molecule has 0 aliphatic rings. The average Bonchev–Trinajstić information content (AvgIpc) is 2.77. The van der Waals surface area contributed by atoms with Gasteiger partial charge in [-0.05, 0) is 37.6 Å². The number of halogens is 1. The summed E-state index contributed by atoms with van der Waals surface area (Å²) in [5, 5.41) is 13.1. The van der Waals surface area contributed by atoms with E-state index in [0.29, 0.717) is 17.0 Å². The fourth-order valence-corrected chi connectivity index (χ4v) is 1.56. The summed E-state index contributed by atoms with van der Waals surface area (Å²) in [6.07, 6.45) is -0.785. The Morgan fingerprint density at radius 1 is 1.44 bits per heavy atom. The molecular formula is C12H14FN3O2. The zero-order valence-electron chi connectivity index (χ0n) is 10.1. The summed E-state index contributed by atoms with van der Waals surface area (Å²) in [5.41, 5.74) is 7.06. The van der Waals surface area contributed by atoms with E-state index in [4.69, 9.17) is 10.3 Å². The van der Waals surface area contributed by atoms with E-state index < -0.39 is 12.1 Å². The molecule has 0 spiro atoms. The van der Waals surface area contributed by atoms with Crippen molar-refractivity contribution in [2.45, 2.75) is 26.0 Å². The maximum Gasteiger partial charge on any atom is 0.246 e. The van der Waals surface area contributed by atoms with Crippen LogP contribution in [0.4, 0.5) is 4.39 Å². The lowest BCUT2D eigenvalue weighted by Crippen LogP contribution is -2.23. The van der Waals surface area contributed by atoms with E-state index in [0.717, 1.165) is 0 Å². The third-order valence-corrected chi connectivity index (χ3v) is 2.68. The van der Waals surface area contributed by atoms with Gasteiger partial charge in [0.25, 0.3) is 0 Å². The van der Waals surface area contributed by atoms with Crippen LogP contribution in [0.25, 0.3) is 11.4 Å². The zero-order chi connectivity index (χ0) is 13.3. The maximum atomic E-state index is 13.0. The molecule has 96 valence electrons. The molecule has 0 amide bonds. The lowest BCUT2D eigenvalue weighted by molar-refractivity contribution is 0.146. The Kier molecular flexibility index (Phi) is 3.40. The Hall–Kier alpha value is -1.79. The average molecular weight is 251 g/mol. The van der Waals surface area contributed by atoms with Crippen molar-refractivity contribution in [1.82, 2.24) is 10.1 Å². The van der Waals surface area contributed by atoms with Gasteiger partial charge in [-0.2, -0.15) is 4.98 Å². The Morgan fingerprint density at radius 2 is 2.17 bits per heavy atom. The molecule has 18 heavy (non-hydrogen) atoms. The summed E-state index contributed by atoms with van der Waals surface area (Å²) in [6.45, 7) is 3.29. The molecule has 0 saturated carbocycles. The smallest absolute Gasteiger partial charge is 0.246 e. The van der Waals surface area contributed by atoms with Gasteiger partial charge in [0, 0.05) is 5.56 Å². The first-order chi connectivity index (χ1) is 8.49. The van der Waals surface area contributed by atoms with Crippen LogP contribution in [0, 0.1) is 12.7 Å². The van der Waals surface area contributed by atoms with Gasteiger partial charge in [0.2, 0.25) is 11.7 Å². The van der Waals surface area contributed by atoms with Gasteiger partial charge in [-0.3, -0.25) is 0 Å². The van der Waals surface area contributed by atoms with Crippen molar-refractivity contribution in [3.8, 4) is 11.4 Å². The predicted octanol–water partition coefficient (Wildman–Crippen LogP) is 1.56. The van der Waals surface area contributed by atoms with Crippen molar-refractivity contribution >= 4 is 0 Å². The summed E-state index contributed by atoms with van der Waals surface area (Å²) in [5.74, 6) is 0.169. The Balaban J connectivity index is 2.35. The zero-order valence-corrected chi connectivity index (χ0v) is 10.1. The Morgan fingerprint density at radius 3 is 2.78 bits per heavy atom. The minimum atomic E-state index is -0.785. The van der Waals surface area contributed by atoms with Crippen LogP contribution >= 0.6 is 0 Å². The largest absolute Gasteiger partial charge is 0.391 e. The monoisotopic (exact) mass is 251 g/mol. The van der Waals surface area contributed by atoms with Crippen molar-refractivity contribution in [1.29, 1.82) is 0 Å². The molecule has 2 aromatic rings. The number of rotatable bonds is 3. The number of hydrogen-bond donors (Lipinski definition) is 2. The molecule has 1 aromatic carbocycles. The molecule has 0 fully saturated rings. The molecule has 0 aliphatic carbocycles.